The van der Waals surface area contributed by atoms with Crippen molar-refractivity contribution in [2.75, 3.05) is 7.05 Å². The minimum Gasteiger partial charge on any atom is -0.339 e. The Labute approximate surface area is 52.6 Å². The molecule has 0 bridgehead atoms. The zero-order valence-electron chi connectivity index (χ0n) is 5.33. The molecule has 0 saturated heterocycles. The lowest BCUT2D eigenvalue weighted by Gasteiger charge is -1.70. The van der Waals surface area contributed by atoms with Gasteiger partial charge >= 0.3 is 0 Å². The normalized spacial score (nSPS) is 10.9. The summed E-state index contributed by atoms with van der Waals surface area (Å²) in [5, 5.41) is 3.57. The molecule has 0 unspecified atom stereocenters. The first kappa shape index (κ1) is 5.94. The predicted molar refractivity (Wildman–Crippen MR) is 32.6 cm³/mol. The summed E-state index contributed by atoms with van der Waals surface area (Å²) in [5.74, 6) is 1.08. The highest BCUT2D eigenvalue weighted by Gasteiger charge is 1.94. The van der Waals surface area contributed by atoms with E-state index in [1.54, 1.807) is 14.0 Å². The summed E-state index contributed by atoms with van der Waals surface area (Å²) >= 11 is 0. The van der Waals surface area contributed by atoms with Gasteiger partial charge in [0.25, 0.3) is 0 Å². The van der Waals surface area contributed by atoms with Gasteiger partial charge in [-0.3, -0.25) is 4.99 Å². The van der Waals surface area contributed by atoms with Crippen LogP contribution in [0.1, 0.15) is 11.7 Å². The summed E-state index contributed by atoms with van der Waals surface area (Å²) in [4.78, 5) is 7.58. The molecule has 0 aliphatic heterocycles. The van der Waals surface area contributed by atoms with E-state index in [1.165, 1.54) is 6.21 Å². The Morgan fingerprint density at radius 3 is 2.89 bits per heavy atom. The smallest absolute Gasteiger partial charge is 0.223 e. The fraction of sp³-hybridized carbons (Fsp3) is 0.400. The van der Waals surface area contributed by atoms with Gasteiger partial charge in [0.1, 0.15) is 0 Å². The van der Waals surface area contributed by atoms with Crippen molar-refractivity contribution < 1.29 is 4.52 Å². The average molecular weight is 125 g/mol. The van der Waals surface area contributed by atoms with Crippen LogP contribution in [0.4, 0.5) is 0 Å². The summed E-state index contributed by atoms with van der Waals surface area (Å²) in [6, 6.07) is 0. The van der Waals surface area contributed by atoms with Crippen LogP contribution in [0.15, 0.2) is 9.52 Å². The minimum atomic E-state index is 0.523. The number of aliphatic imine (C=N–C) groups is 1. The van der Waals surface area contributed by atoms with Gasteiger partial charge in [-0.1, -0.05) is 5.16 Å². The lowest BCUT2D eigenvalue weighted by molar-refractivity contribution is 0.392. The van der Waals surface area contributed by atoms with E-state index in [2.05, 4.69) is 19.7 Å². The van der Waals surface area contributed by atoms with Gasteiger partial charge in [-0.05, 0) is 0 Å². The zero-order valence-corrected chi connectivity index (χ0v) is 5.33. The maximum absolute atomic E-state index is 4.66. The molecule has 0 saturated carbocycles. The molecule has 0 aliphatic rings. The van der Waals surface area contributed by atoms with Crippen molar-refractivity contribution >= 4 is 6.21 Å². The molecule has 1 heterocycles. The van der Waals surface area contributed by atoms with Crippen LogP contribution in [0.5, 0.6) is 0 Å². The van der Waals surface area contributed by atoms with Crippen LogP contribution >= 0.6 is 0 Å². The van der Waals surface area contributed by atoms with E-state index in [0.29, 0.717) is 11.7 Å². The number of aryl methyl sites for hydroxylation is 1. The van der Waals surface area contributed by atoms with Crippen LogP contribution in [0, 0.1) is 6.92 Å². The number of rotatable bonds is 1. The SMILES string of the molecule is CN=Cc1noc(C)n1. The molecule has 0 aromatic carbocycles. The van der Waals surface area contributed by atoms with E-state index in [0.717, 1.165) is 0 Å². The molecule has 0 amide bonds. The molecule has 0 aliphatic carbocycles. The first-order valence-electron chi connectivity index (χ1n) is 2.55. The Bertz CT molecular complexity index is 216. The van der Waals surface area contributed by atoms with Gasteiger partial charge in [0.05, 0.1) is 6.21 Å². The highest BCUT2D eigenvalue weighted by Crippen LogP contribution is 1.89. The van der Waals surface area contributed by atoms with Gasteiger partial charge in [0, 0.05) is 14.0 Å². The average Bonchev–Trinajstić information content (AvgIpc) is 2.17. The second kappa shape index (κ2) is 2.39. The first-order chi connectivity index (χ1) is 4.33. The Hall–Kier alpha value is -1.19. The Balaban J connectivity index is 2.85. The van der Waals surface area contributed by atoms with Crippen molar-refractivity contribution in [1.82, 2.24) is 10.1 Å². The van der Waals surface area contributed by atoms with Gasteiger partial charge in [-0.2, -0.15) is 4.98 Å². The molecule has 1 aromatic rings. The molecule has 1 rings (SSSR count). The second-order valence-corrected chi connectivity index (χ2v) is 1.56. The number of nitrogens with zero attached hydrogens (tertiary/aromatic N) is 3. The monoisotopic (exact) mass is 125 g/mol. The predicted octanol–water partition coefficient (Wildman–Crippen LogP) is 0.427. The maximum atomic E-state index is 4.66. The topological polar surface area (TPSA) is 51.3 Å². The lowest BCUT2D eigenvalue weighted by atomic mass is 10.7. The Morgan fingerprint density at radius 1 is 1.67 bits per heavy atom. The van der Waals surface area contributed by atoms with E-state index in [9.17, 15) is 0 Å². The van der Waals surface area contributed by atoms with E-state index in [4.69, 9.17) is 0 Å². The molecular formula is C5H7N3O. The maximum Gasteiger partial charge on any atom is 0.223 e. The highest BCUT2D eigenvalue weighted by atomic mass is 16.5. The fourth-order valence-electron chi connectivity index (χ4n) is 0.483. The number of hydrogen-bond donors (Lipinski definition) is 0. The molecule has 4 heteroatoms. The van der Waals surface area contributed by atoms with Crippen LogP contribution in [-0.4, -0.2) is 23.4 Å². The van der Waals surface area contributed by atoms with E-state index >= 15 is 0 Å². The summed E-state index contributed by atoms with van der Waals surface area (Å²) in [6.07, 6.45) is 1.54. The van der Waals surface area contributed by atoms with Crippen LogP contribution in [0.25, 0.3) is 0 Å². The summed E-state index contributed by atoms with van der Waals surface area (Å²) in [7, 11) is 1.66. The molecule has 0 N–H and O–H groups in total. The Kier molecular flexibility index (Phi) is 1.58. The molecule has 0 fully saturated rings. The lowest BCUT2D eigenvalue weighted by Crippen LogP contribution is -1.82. The summed E-state index contributed by atoms with van der Waals surface area (Å²) in [5.41, 5.74) is 0. The van der Waals surface area contributed by atoms with E-state index < -0.39 is 0 Å². The van der Waals surface area contributed by atoms with Crippen molar-refractivity contribution in [3.05, 3.63) is 11.7 Å². The molecule has 0 radical (unpaired) electrons. The number of aromatic nitrogens is 2. The summed E-state index contributed by atoms with van der Waals surface area (Å²) < 4.78 is 4.66. The van der Waals surface area contributed by atoms with Gasteiger partial charge < -0.3 is 4.52 Å². The third kappa shape index (κ3) is 1.35. The largest absolute Gasteiger partial charge is 0.339 e. The van der Waals surface area contributed by atoms with Crippen molar-refractivity contribution in [2.45, 2.75) is 6.92 Å². The molecule has 0 atom stereocenters. The third-order valence-electron chi connectivity index (χ3n) is 0.788. The van der Waals surface area contributed by atoms with Crippen molar-refractivity contribution in [3.63, 3.8) is 0 Å². The molecule has 0 spiro atoms. The van der Waals surface area contributed by atoms with Crippen LogP contribution < -0.4 is 0 Å². The van der Waals surface area contributed by atoms with Gasteiger partial charge in [-0.15, -0.1) is 0 Å². The molecule has 48 valence electrons. The van der Waals surface area contributed by atoms with Crippen molar-refractivity contribution in [3.8, 4) is 0 Å². The minimum absolute atomic E-state index is 0.523. The highest BCUT2D eigenvalue weighted by molar-refractivity contribution is 5.73. The van der Waals surface area contributed by atoms with Gasteiger partial charge in [0.2, 0.25) is 11.7 Å². The molecule has 4 nitrogen and oxygen atoms in total. The quantitative estimate of drug-likeness (QED) is 0.511. The Morgan fingerprint density at radius 2 is 2.44 bits per heavy atom. The van der Waals surface area contributed by atoms with E-state index in [1.807, 2.05) is 0 Å². The van der Waals surface area contributed by atoms with Gasteiger partial charge in [-0.25, -0.2) is 0 Å². The number of hydrogen-bond acceptors (Lipinski definition) is 4. The molecule has 1 aromatic heterocycles. The zero-order chi connectivity index (χ0) is 6.69. The van der Waals surface area contributed by atoms with Crippen LogP contribution in [0.2, 0.25) is 0 Å². The van der Waals surface area contributed by atoms with E-state index in [-0.39, 0.29) is 0 Å². The second-order valence-electron chi connectivity index (χ2n) is 1.56. The van der Waals surface area contributed by atoms with Crippen molar-refractivity contribution in [1.29, 1.82) is 0 Å². The van der Waals surface area contributed by atoms with Crippen LogP contribution in [0.3, 0.4) is 0 Å². The van der Waals surface area contributed by atoms with Crippen LogP contribution in [-0.2, 0) is 0 Å². The summed E-state index contributed by atoms with van der Waals surface area (Å²) in [6.45, 7) is 1.74. The third-order valence-corrected chi connectivity index (χ3v) is 0.788. The molecule has 9 heavy (non-hydrogen) atoms. The van der Waals surface area contributed by atoms with Gasteiger partial charge in [0.15, 0.2) is 0 Å². The van der Waals surface area contributed by atoms with Crippen molar-refractivity contribution in [2.24, 2.45) is 4.99 Å². The standard InChI is InChI=1S/C5H7N3O/c1-4-7-5(3-6-2)8-9-4/h3H,1-2H3. The fourth-order valence-corrected chi connectivity index (χ4v) is 0.483. The first-order valence-corrected chi connectivity index (χ1v) is 2.55. The molecular weight excluding hydrogens is 118 g/mol.